The summed E-state index contributed by atoms with van der Waals surface area (Å²) in [6, 6.07) is 8.44. The van der Waals surface area contributed by atoms with Crippen LogP contribution in [0.3, 0.4) is 0 Å². The number of carbonyl (C=O) groups excluding carboxylic acids is 2. The smallest absolute Gasteiger partial charge is 0.233 e. The van der Waals surface area contributed by atoms with E-state index in [1.54, 1.807) is 6.92 Å². The number of fused-ring (bicyclic) bond motifs is 2. The maximum atomic E-state index is 11.9. The number of nitrogens with zero attached hydrogens (tertiary/aromatic N) is 1. The van der Waals surface area contributed by atoms with E-state index in [0.717, 1.165) is 62.3 Å². The van der Waals surface area contributed by atoms with E-state index in [9.17, 15) is 9.59 Å². The topological polar surface area (TPSA) is 71.1 Å². The highest BCUT2D eigenvalue weighted by molar-refractivity contribution is 8.14. The molecule has 0 spiro atoms. The van der Waals surface area contributed by atoms with Crippen molar-refractivity contribution in [2.24, 2.45) is 0 Å². The van der Waals surface area contributed by atoms with Gasteiger partial charge < -0.3 is 10.6 Å². The number of hydrogen-bond acceptors (Lipinski definition) is 5. The zero-order valence-corrected chi connectivity index (χ0v) is 18.9. The maximum absolute atomic E-state index is 11.9. The van der Waals surface area contributed by atoms with Gasteiger partial charge in [0.05, 0.1) is 10.8 Å². The molecule has 1 heterocycles. The molecule has 2 aromatic rings. The van der Waals surface area contributed by atoms with Crippen LogP contribution in [0.25, 0.3) is 10.9 Å². The summed E-state index contributed by atoms with van der Waals surface area (Å²) in [5.74, 6) is -0.0498. The molecule has 2 N–H and O–H groups in total. The van der Waals surface area contributed by atoms with Crippen LogP contribution in [0.1, 0.15) is 63.6 Å². The van der Waals surface area contributed by atoms with Crippen LogP contribution in [0.5, 0.6) is 0 Å². The highest BCUT2D eigenvalue weighted by Crippen LogP contribution is 2.33. The number of amides is 1. The fourth-order valence-electron chi connectivity index (χ4n) is 4.05. The Hall–Kier alpha value is -2.08. The average molecular weight is 428 g/mol. The number of para-hydroxylation sites is 1. The summed E-state index contributed by atoms with van der Waals surface area (Å²) < 4.78 is 0. The predicted molar refractivity (Wildman–Crippen MR) is 126 cm³/mol. The highest BCUT2D eigenvalue weighted by Gasteiger charge is 2.18. The van der Waals surface area contributed by atoms with Crippen LogP contribution < -0.4 is 10.6 Å². The number of aromatic nitrogens is 1. The zero-order chi connectivity index (χ0) is 21.3. The van der Waals surface area contributed by atoms with Crippen LogP contribution in [0.2, 0.25) is 0 Å². The Morgan fingerprint density at radius 1 is 1.07 bits per heavy atom. The van der Waals surface area contributed by atoms with E-state index in [2.05, 4.69) is 34.9 Å². The largest absolute Gasteiger partial charge is 0.384 e. The van der Waals surface area contributed by atoms with Crippen molar-refractivity contribution in [1.29, 1.82) is 0 Å². The molecule has 1 unspecified atom stereocenters. The van der Waals surface area contributed by atoms with E-state index in [1.807, 2.05) is 0 Å². The molecule has 6 heteroatoms. The van der Waals surface area contributed by atoms with Crippen LogP contribution in [-0.4, -0.2) is 34.3 Å². The molecule has 30 heavy (non-hydrogen) atoms. The van der Waals surface area contributed by atoms with Gasteiger partial charge in [0.25, 0.3) is 0 Å². The number of nitrogens with one attached hydrogen (secondary N) is 2. The number of benzene rings is 1. The Bertz CT molecular complexity index is 884. The number of hydrogen-bond donors (Lipinski definition) is 2. The molecule has 0 saturated carbocycles. The van der Waals surface area contributed by atoms with Gasteiger partial charge in [-0.3, -0.25) is 14.6 Å². The first-order valence-electron chi connectivity index (χ1n) is 11.2. The summed E-state index contributed by atoms with van der Waals surface area (Å²) in [7, 11) is 0. The average Bonchev–Trinajstić information content (AvgIpc) is 2.74. The quantitative estimate of drug-likeness (QED) is 0.529. The molecule has 0 fully saturated rings. The van der Waals surface area contributed by atoms with Gasteiger partial charge in [0.2, 0.25) is 5.91 Å². The Morgan fingerprint density at radius 3 is 2.60 bits per heavy atom. The Kier molecular flexibility index (Phi) is 8.55. The molecule has 0 aliphatic heterocycles. The van der Waals surface area contributed by atoms with Gasteiger partial charge in [0.15, 0.2) is 5.12 Å². The van der Waals surface area contributed by atoms with Crippen molar-refractivity contribution in [2.45, 2.75) is 70.5 Å². The first-order chi connectivity index (χ1) is 14.6. The minimum absolute atomic E-state index is 0.0200. The van der Waals surface area contributed by atoms with Gasteiger partial charge in [-0.15, -0.1) is 0 Å². The van der Waals surface area contributed by atoms with Gasteiger partial charge in [-0.1, -0.05) is 42.8 Å². The van der Waals surface area contributed by atoms with E-state index >= 15 is 0 Å². The Morgan fingerprint density at radius 2 is 1.80 bits per heavy atom. The molecule has 1 atom stereocenters. The second-order valence-electron chi connectivity index (χ2n) is 8.02. The van der Waals surface area contributed by atoms with Crippen molar-refractivity contribution in [1.82, 2.24) is 10.3 Å². The summed E-state index contributed by atoms with van der Waals surface area (Å²) in [4.78, 5) is 27.9. The molecule has 5 nitrogen and oxygen atoms in total. The molecule has 0 saturated heterocycles. The zero-order valence-electron chi connectivity index (χ0n) is 18.1. The summed E-state index contributed by atoms with van der Waals surface area (Å²) >= 11 is 1.08. The first kappa shape index (κ1) is 22.6. The second kappa shape index (κ2) is 11.3. The number of pyridine rings is 1. The lowest BCUT2D eigenvalue weighted by Gasteiger charge is -2.21. The van der Waals surface area contributed by atoms with Gasteiger partial charge in [-0.25, -0.2) is 0 Å². The van der Waals surface area contributed by atoms with Crippen LogP contribution in [0, 0.1) is 0 Å². The molecular weight excluding hydrogens is 394 g/mol. The molecule has 3 rings (SSSR count). The van der Waals surface area contributed by atoms with Crippen molar-refractivity contribution < 1.29 is 9.59 Å². The minimum atomic E-state index is -0.312. The molecule has 0 radical (unpaired) electrons. The molecule has 1 amide bonds. The lowest BCUT2D eigenvalue weighted by atomic mass is 9.92. The van der Waals surface area contributed by atoms with Gasteiger partial charge >= 0.3 is 0 Å². The van der Waals surface area contributed by atoms with E-state index in [-0.39, 0.29) is 16.3 Å². The molecule has 1 aliphatic rings. The summed E-state index contributed by atoms with van der Waals surface area (Å²) in [5.41, 5.74) is 5.07. The SMILES string of the molecule is CC(=O)SC(C)C(=O)NCCCCCCNc1c2c(nc3ccccc13)CCCC2. The van der Waals surface area contributed by atoms with E-state index in [1.165, 1.54) is 42.1 Å². The number of aryl methyl sites for hydroxylation is 1. The van der Waals surface area contributed by atoms with Crippen molar-refractivity contribution in [3.63, 3.8) is 0 Å². The maximum Gasteiger partial charge on any atom is 0.233 e. The lowest BCUT2D eigenvalue weighted by Crippen LogP contribution is -2.32. The highest BCUT2D eigenvalue weighted by atomic mass is 32.2. The Labute approximate surface area is 183 Å². The van der Waals surface area contributed by atoms with E-state index < -0.39 is 0 Å². The second-order valence-corrected chi connectivity index (χ2v) is 9.54. The number of rotatable bonds is 10. The standard InChI is InChI=1S/C24H33N3O2S/c1-17(30-18(2)28)24(29)26-16-10-4-3-9-15-25-23-19-11-5-7-13-21(19)27-22-14-8-6-12-20(22)23/h5,7,11,13,17H,3-4,6,8-10,12,14-16H2,1-2H3,(H,25,27)(H,26,29). The normalized spacial score (nSPS) is 14.2. The van der Waals surface area contributed by atoms with Crippen LogP contribution in [-0.2, 0) is 22.4 Å². The monoisotopic (exact) mass is 427 g/mol. The van der Waals surface area contributed by atoms with Crippen molar-refractivity contribution in [3.8, 4) is 0 Å². The van der Waals surface area contributed by atoms with Crippen LogP contribution >= 0.6 is 11.8 Å². The number of anilines is 1. The molecule has 162 valence electrons. The first-order valence-corrected chi connectivity index (χ1v) is 12.0. The van der Waals surface area contributed by atoms with Crippen LogP contribution in [0.4, 0.5) is 5.69 Å². The summed E-state index contributed by atoms with van der Waals surface area (Å²) in [6.07, 6.45) is 8.99. The summed E-state index contributed by atoms with van der Waals surface area (Å²) in [6.45, 7) is 4.90. The fraction of sp³-hybridized carbons (Fsp3) is 0.542. The molecule has 0 bridgehead atoms. The molecule has 1 aromatic carbocycles. The third-order valence-corrected chi connectivity index (χ3v) is 6.49. The fourth-order valence-corrected chi connectivity index (χ4v) is 4.74. The third-order valence-electron chi connectivity index (χ3n) is 5.59. The van der Waals surface area contributed by atoms with E-state index in [0.29, 0.717) is 6.54 Å². The van der Waals surface area contributed by atoms with Gasteiger partial charge in [0, 0.05) is 36.8 Å². The van der Waals surface area contributed by atoms with Crippen molar-refractivity contribution in [3.05, 3.63) is 35.5 Å². The van der Waals surface area contributed by atoms with Crippen LogP contribution in [0.15, 0.2) is 24.3 Å². The summed E-state index contributed by atoms with van der Waals surface area (Å²) in [5, 5.41) is 7.54. The van der Waals surface area contributed by atoms with Crippen molar-refractivity contribution >= 4 is 39.4 Å². The Balaban J connectivity index is 1.41. The van der Waals surface area contributed by atoms with Gasteiger partial charge in [-0.2, -0.15) is 0 Å². The number of carbonyl (C=O) groups is 2. The predicted octanol–water partition coefficient (Wildman–Crippen LogP) is 4.87. The molecule has 1 aromatic heterocycles. The molecule has 1 aliphatic carbocycles. The van der Waals surface area contributed by atoms with Crippen molar-refractivity contribution in [2.75, 3.05) is 18.4 Å². The molecular formula is C24H33N3O2S. The van der Waals surface area contributed by atoms with Gasteiger partial charge in [-0.05, 0) is 57.1 Å². The third kappa shape index (κ3) is 6.21. The van der Waals surface area contributed by atoms with Gasteiger partial charge in [0.1, 0.15) is 0 Å². The number of thioether (sulfide) groups is 1. The number of unbranched alkanes of at least 4 members (excludes halogenated alkanes) is 3. The minimum Gasteiger partial charge on any atom is -0.384 e. The van der Waals surface area contributed by atoms with E-state index in [4.69, 9.17) is 4.98 Å². The lowest BCUT2D eigenvalue weighted by molar-refractivity contribution is -0.120.